The molecule has 1 aromatic rings. The summed E-state index contributed by atoms with van der Waals surface area (Å²) in [5.41, 5.74) is 1.43. The Morgan fingerprint density at radius 2 is 2.00 bits per heavy atom. The van der Waals surface area contributed by atoms with Crippen molar-refractivity contribution in [3.05, 3.63) is 29.8 Å². The summed E-state index contributed by atoms with van der Waals surface area (Å²) >= 11 is 0. The maximum absolute atomic E-state index is 12.4. The number of benzene rings is 1. The van der Waals surface area contributed by atoms with E-state index in [1.165, 1.54) is 0 Å². The van der Waals surface area contributed by atoms with Gasteiger partial charge in [-0.25, -0.2) is 9.59 Å². The van der Waals surface area contributed by atoms with E-state index in [1.807, 2.05) is 45.0 Å². The van der Waals surface area contributed by atoms with Crippen LogP contribution in [0.2, 0.25) is 0 Å². The molecule has 6 nitrogen and oxygen atoms in total. The number of likely N-dealkylation sites (tertiary alicyclic amines) is 1. The summed E-state index contributed by atoms with van der Waals surface area (Å²) < 4.78 is 10.8. The van der Waals surface area contributed by atoms with Crippen molar-refractivity contribution in [1.29, 1.82) is 0 Å². The summed E-state index contributed by atoms with van der Waals surface area (Å²) in [5, 5.41) is 0. The zero-order valence-corrected chi connectivity index (χ0v) is 15.3. The van der Waals surface area contributed by atoms with Crippen LogP contribution in [-0.2, 0) is 16.1 Å². The molecule has 0 N–H and O–H groups in total. The first kappa shape index (κ1) is 17.6. The molecule has 2 aliphatic rings. The molecule has 0 aliphatic carbocycles. The second-order valence-electron chi connectivity index (χ2n) is 7.81. The van der Waals surface area contributed by atoms with Gasteiger partial charge in [0.05, 0.1) is 5.69 Å². The van der Waals surface area contributed by atoms with Gasteiger partial charge < -0.3 is 14.4 Å². The normalized spacial score (nSPS) is 23.8. The number of cyclic esters (lactones) is 1. The zero-order valence-electron chi connectivity index (χ0n) is 15.3. The number of hydrogen-bond donors (Lipinski definition) is 0. The Bertz CT molecular complexity index is 668. The molecule has 2 atom stereocenters. The van der Waals surface area contributed by atoms with Crippen molar-refractivity contribution in [2.75, 3.05) is 18.0 Å². The van der Waals surface area contributed by atoms with Crippen LogP contribution >= 0.6 is 0 Å². The maximum Gasteiger partial charge on any atom is 0.414 e. The molecule has 0 radical (unpaired) electrons. The molecule has 2 heterocycles. The highest BCUT2D eigenvalue weighted by Gasteiger charge is 2.39. The molecular formula is C19H26N2O4. The number of carbonyl (C=O) groups excluding carboxylic acids is 2. The smallest absolute Gasteiger partial charge is 0.414 e. The minimum Gasteiger partial charge on any atom is -0.444 e. The van der Waals surface area contributed by atoms with Crippen molar-refractivity contribution >= 4 is 17.9 Å². The molecule has 1 fully saturated rings. The molecule has 2 amide bonds. The van der Waals surface area contributed by atoms with Crippen molar-refractivity contribution in [1.82, 2.24) is 4.90 Å². The van der Waals surface area contributed by atoms with Gasteiger partial charge in [-0.1, -0.05) is 25.1 Å². The van der Waals surface area contributed by atoms with E-state index in [0.717, 1.165) is 11.3 Å². The summed E-state index contributed by atoms with van der Waals surface area (Å²) in [5.74, 6) is 0.125. The topological polar surface area (TPSA) is 59.1 Å². The number of hydrogen-bond acceptors (Lipinski definition) is 4. The number of carbonyl (C=O) groups is 2. The van der Waals surface area contributed by atoms with E-state index >= 15 is 0 Å². The lowest BCUT2D eigenvalue weighted by Crippen LogP contribution is -2.55. The van der Waals surface area contributed by atoms with Crippen LogP contribution in [-0.4, -0.2) is 41.8 Å². The first-order valence-electron chi connectivity index (χ1n) is 8.78. The summed E-state index contributed by atoms with van der Waals surface area (Å²) in [6.07, 6.45) is 0.102. The van der Waals surface area contributed by atoms with Gasteiger partial charge in [-0.2, -0.15) is 0 Å². The van der Waals surface area contributed by atoms with Crippen LogP contribution in [0.25, 0.3) is 0 Å². The van der Waals surface area contributed by atoms with Gasteiger partial charge in [0.25, 0.3) is 0 Å². The molecular weight excluding hydrogens is 320 g/mol. The van der Waals surface area contributed by atoms with E-state index in [0.29, 0.717) is 26.1 Å². The summed E-state index contributed by atoms with van der Waals surface area (Å²) in [6, 6.07) is 7.83. The third kappa shape index (κ3) is 3.72. The lowest BCUT2D eigenvalue weighted by Gasteiger charge is -2.43. The number of anilines is 1. The zero-order chi connectivity index (χ0) is 18.2. The van der Waals surface area contributed by atoms with Gasteiger partial charge in [-0.05, 0) is 39.2 Å². The Hall–Kier alpha value is -2.24. The SMILES string of the molecule is CC1CN(C(=O)OC(C)(C)C)CCC1N1C(=O)OCc2ccccc21. The van der Waals surface area contributed by atoms with Gasteiger partial charge in [-0.3, -0.25) is 4.90 Å². The van der Waals surface area contributed by atoms with Crippen LogP contribution in [0.4, 0.5) is 15.3 Å². The van der Waals surface area contributed by atoms with E-state index in [-0.39, 0.29) is 24.1 Å². The van der Waals surface area contributed by atoms with E-state index < -0.39 is 5.60 Å². The van der Waals surface area contributed by atoms with E-state index in [4.69, 9.17) is 9.47 Å². The third-order valence-electron chi connectivity index (χ3n) is 4.64. The highest BCUT2D eigenvalue weighted by atomic mass is 16.6. The van der Waals surface area contributed by atoms with Crippen LogP contribution in [0, 0.1) is 5.92 Å². The average Bonchev–Trinajstić information content (AvgIpc) is 2.54. The van der Waals surface area contributed by atoms with Crippen molar-refractivity contribution in [2.45, 2.75) is 52.4 Å². The standard InChI is InChI=1S/C19H26N2O4/c1-13-11-20(17(22)25-19(2,3)4)10-9-15(13)21-16-8-6-5-7-14(16)12-24-18(21)23/h5-8,13,15H,9-12H2,1-4H3. The number of piperidine rings is 1. The van der Waals surface area contributed by atoms with Crippen LogP contribution in [0.15, 0.2) is 24.3 Å². The van der Waals surface area contributed by atoms with E-state index in [1.54, 1.807) is 9.80 Å². The fourth-order valence-corrected chi connectivity index (χ4v) is 3.50. The molecule has 25 heavy (non-hydrogen) atoms. The van der Waals surface area contributed by atoms with E-state index in [9.17, 15) is 9.59 Å². The minimum atomic E-state index is -0.507. The van der Waals surface area contributed by atoms with Crippen LogP contribution in [0.1, 0.15) is 39.7 Å². The first-order chi connectivity index (χ1) is 11.8. The highest BCUT2D eigenvalue weighted by molar-refractivity contribution is 5.91. The van der Waals surface area contributed by atoms with Crippen molar-refractivity contribution < 1.29 is 19.1 Å². The fraction of sp³-hybridized carbons (Fsp3) is 0.579. The first-order valence-corrected chi connectivity index (χ1v) is 8.78. The Balaban J connectivity index is 1.74. The van der Waals surface area contributed by atoms with Gasteiger partial charge >= 0.3 is 12.2 Å². The number of rotatable bonds is 1. The monoisotopic (exact) mass is 346 g/mol. The molecule has 0 saturated carbocycles. The lowest BCUT2D eigenvalue weighted by atomic mass is 9.91. The molecule has 136 valence electrons. The van der Waals surface area contributed by atoms with Crippen LogP contribution < -0.4 is 4.90 Å². The number of fused-ring (bicyclic) bond motifs is 1. The van der Waals surface area contributed by atoms with Crippen LogP contribution in [0.3, 0.4) is 0 Å². The second kappa shape index (κ2) is 6.58. The third-order valence-corrected chi connectivity index (χ3v) is 4.64. The fourth-order valence-electron chi connectivity index (χ4n) is 3.50. The summed E-state index contributed by atoms with van der Waals surface area (Å²) in [4.78, 5) is 28.2. The number of amides is 2. The van der Waals surface area contributed by atoms with Gasteiger partial charge in [0.15, 0.2) is 0 Å². The Kier molecular flexibility index (Phi) is 4.62. The Morgan fingerprint density at radius 3 is 2.68 bits per heavy atom. The molecule has 1 aromatic carbocycles. The second-order valence-corrected chi connectivity index (χ2v) is 7.81. The molecule has 1 saturated heterocycles. The predicted octanol–water partition coefficient (Wildman–Crippen LogP) is 3.79. The van der Waals surface area contributed by atoms with Gasteiger partial charge in [0, 0.05) is 24.7 Å². The molecule has 0 spiro atoms. The number of ether oxygens (including phenoxy) is 2. The molecule has 0 bridgehead atoms. The minimum absolute atomic E-state index is 0.00707. The van der Waals surface area contributed by atoms with Crippen molar-refractivity contribution in [3.63, 3.8) is 0 Å². The summed E-state index contributed by atoms with van der Waals surface area (Å²) in [7, 11) is 0. The van der Waals surface area contributed by atoms with Crippen molar-refractivity contribution in [3.8, 4) is 0 Å². The Morgan fingerprint density at radius 1 is 1.28 bits per heavy atom. The largest absolute Gasteiger partial charge is 0.444 e. The number of para-hydroxylation sites is 1. The molecule has 0 aromatic heterocycles. The van der Waals surface area contributed by atoms with Gasteiger partial charge in [0.1, 0.15) is 12.2 Å². The maximum atomic E-state index is 12.4. The number of nitrogens with zero attached hydrogens (tertiary/aromatic N) is 2. The quantitative estimate of drug-likeness (QED) is 0.776. The predicted molar refractivity (Wildman–Crippen MR) is 94.5 cm³/mol. The molecule has 3 rings (SSSR count). The van der Waals surface area contributed by atoms with Crippen LogP contribution in [0.5, 0.6) is 0 Å². The van der Waals surface area contributed by atoms with Gasteiger partial charge in [-0.15, -0.1) is 0 Å². The highest BCUT2D eigenvalue weighted by Crippen LogP contribution is 2.33. The lowest BCUT2D eigenvalue weighted by molar-refractivity contribution is 0.0153. The average molecular weight is 346 g/mol. The van der Waals surface area contributed by atoms with E-state index in [2.05, 4.69) is 6.92 Å². The Labute approximate surface area is 148 Å². The van der Waals surface area contributed by atoms with Crippen molar-refractivity contribution in [2.24, 2.45) is 5.92 Å². The molecule has 2 aliphatic heterocycles. The van der Waals surface area contributed by atoms with Gasteiger partial charge in [0.2, 0.25) is 0 Å². The summed E-state index contributed by atoms with van der Waals surface area (Å²) in [6.45, 7) is 9.09. The molecule has 2 unspecified atom stereocenters. The molecule has 6 heteroatoms.